The number of nitriles is 1. The number of nitrogens with zero attached hydrogens (tertiary/aromatic N) is 2. The minimum Gasteiger partial charge on any atom is -0.312 e. The number of hydrogen-bond acceptors (Lipinski definition) is 3. The summed E-state index contributed by atoms with van der Waals surface area (Å²) in [7, 11) is 0. The molecule has 3 nitrogen and oxygen atoms in total. The summed E-state index contributed by atoms with van der Waals surface area (Å²) in [5.74, 6) is -1.40. The third-order valence-electron chi connectivity index (χ3n) is 3.67. The molecule has 17 heavy (non-hydrogen) atoms. The molecule has 0 spiro atoms. The molecule has 3 atom stereocenters. The summed E-state index contributed by atoms with van der Waals surface area (Å²) in [6, 6.07) is 1.68. The van der Waals surface area contributed by atoms with Crippen LogP contribution in [0.2, 0.25) is 0 Å². The number of alkyl halides is 3. The maximum atomic E-state index is 12.5. The molecule has 2 saturated heterocycles. The van der Waals surface area contributed by atoms with Gasteiger partial charge < -0.3 is 5.32 Å². The highest BCUT2D eigenvalue weighted by atomic mass is 19.4. The predicted octanol–water partition coefficient (Wildman–Crippen LogP) is 1.37. The van der Waals surface area contributed by atoms with Crippen LogP contribution < -0.4 is 5.32 Å². The van der Waals surface area contributed by atoms with Gasteiger partial charge in [-0.15, -0.1) is 0 Å². The molecule has 0 saturated carbocycles. The number of piperidine rings is 1. The molecule has 0 aromatic heterocycles. The van der Waals surface area contributed by atoms with E-state index in [9.17, 15) is 13.2 Å². The summed E-state index contributed by atoms with van der Waals surface area (Å²) in [4.78, 5) is 1.77. The Morgan fingerprint density at radius 3 is 2.76 bits per heavy atom. The van der Waals surface area contributed by atoms with Gasteiger partial charge in [0.2, 0.25) is 0 Å². The van der Waals surface area contributed by atoms with Crippen molar-refractivity contribution in [2.75, 3.05) is 26.2 Å². The summed E-state index contributed by atoms with van der Waals surface area (Å²) >= 11 is 0. The van der Waals surface area contributed by atoms with E-state index < -0.39 is 12.1 Å². The Hall–Kier alpha value is -0.800. The number of likely N-dealkylation sites (tertiary alicyclic amines) is 1. The van der Waals surface area contributed by atoms with Crippen LogP contribution in [-0.2, 0) is 0 Å². The standard InChI is InChI=1S/C11H16F3N3/c12-11(13,14)9(4-15)6-17-5-8-2-1-3-16-10(8)7-17/h8-10,16H,1-3,5-7H2/t8-,9?,10+/m0/s1. The van der Waals surface area contributed by atoms with E-state index in [-0.39, 0.29) is 6.54 Å². The van der Waals surface area contributed by atoms with Crippen LogP contribution in [0.15, 0.2) is 0 Å². The van der Waals surface area contributed by atoms with Gasteiger partial charge in [0.1, 0.15) is 0 Å². The van der Waals surface area contributed by atoms with Crippen LogP contribution in [0.4, 0.5) is 13.2 Å². The Labute approximate surface area is 98.6 Å². The van der Waals surface area contributed by atoms with Crippen molar-refractivity contribution in [1.29, 1.82) is 5.26 Å². The molecule has 2 heterocycles. The van der Waals surface area contributed by atoms with Crippen LogP contribution in [0.5, 0.6) is 0 Å². The van der Waals surface area contributed by atoms with Crippen molar-refractivity contribution in [3.05, 3.63) is 0 Å². The third kappa shape index (κ3) is 2.90. The summed E-state index contributed by atoms with van der Waals surface area (Å²) < 4.78 is 37.4. The molecule has 1 N–H and O–H groups in total. The molecule has 0 amide bonds. The Kier molecular flexibility index (Phi) is 3.59. The van der Waals surface area contributed by atoms with Gasteiger partial charge in [0, 0.05) is 25.7 Å². The molecular formula is C11H16F3N3. The third-order valence-corrected chi connectivity index (χ3v) is 3.67. The van der Waals surface area contributed by atoms with Gasteiger partial charge in [0.05, 0.1) is 6.07 Å². The molecule has 0 aromatic carbocycles. The minimum absolute atomic E-state index is 0.186. The number of rotatable bonds is 2. The second-order valence-corrected chi connectivity index (χ2v) is 4.90. The maximum Gasteiger partial charge on any atom is 0.405 e. The first-order chi connectivity index (χ1) is 8.00. The molecular weight excluding hydrogens is 231 g/mol. The lowest BCUT2D eigenvalue weighted by atomic mass is 9.94. The molecule has 0 aromatic rings. The summed E-state index contributed by atoms with van der Waals surface area (Å²) in [5, 5.41) is 11.9. The zero-order chi connectivity index (χ0) is 12.5. The van der Waals surface area contributed by atoms with Crippen molar-refractivity contribution in [3.8, 4) is 6.07 Å². The molecule has 0 radical (unpaired) electrons. The first-order valence-electron chi connectivity index (χ1n) is 5.93. The van der Waals surface area contributed by atoms with E-state index in [4.69, 9.17) is 5.26 Å². The van der Waals surface area contributed by atoms with E-state index in [0.717, 1.165) is 19.4 Å². The summed E-state index contributed by atoms with van der Waals surface area (Å²) in [6.07, 6.45) is -2.23. The van der Waals surface area contributed by atoms with Crippen LogP contribution in [-0.4, -0.2) is 43.3 Å². The predicted molar refractivity (Wildman–Crippen MR) is 56.1 cm³/mol. The van der Waals surface area contributed by atoms with Gasteiger partial charge >= 0.3 is 6.18 Å². The van der Waals surface area contributed by atoms with Crippen molar-refractivity contribution in [1.82, 2.24) is 10.2 Å². The highest BCUT2D eigenvalue weighted by Gasteiger charge is 2.43. The smallest absolute Gasteiger partial charge is 0.312 e. The zero-order valence-corrected chi connectivity index (χ0v) is 9.50. The van der Waals surface area contributed by atoms with Crippen molar-refractivity contribution in [2.45, 2.75) is 25.1 Å². The van der Waals surface area contributed by atoms with Gasteiger partial charge in [-0.1, -0.05) is 0 Å². The molecule has 1 unspecified atom stereocenters. The molecule has 2 rings (SSSR count). The average molecular weight is 247 g/mol. The first kappa shape index (κ1) is 12.7. The van der Waals surface area contributed by atoms with Crippen molar-refractivity contribution in [2.24, 2.45) is 11.8 Å². The van der Waals surface area contributed by atoms with Gasteiger partial charge in [0.15, 0.2) is 5.92 Å². The Morgan fingerprint density at radius 2 is 2.18 bits per heavy atom. The van der Waals surface area contributed by atoms with Crippen molar-refractivity contribution in [3.63, 3.8) is 0 Å². The van der Waals surface area contributed by atoms with Gasteiger partial charge in [-0.3, -0.25) is 4.90 Å². The van der Waals surface area contributed by atoms with Crippen molar-refractivity contribution < 1.29 is 13.2 Å². The summed E-state index contributed by atoms with van der Waals surface area (Å²) in [6.45, 7) is 2.09. The fourth-order valence-corrected chi connectivity index (χ4v) is 2.76. The second kappa shape index (κ2) is 4.83. The van der Waals surface area contributed by atoms with E-state index in [1.54, 1.807) is 4.90 Å². The van der Waals surface area contributed by atoms with E-state index >= 15 is 0 Å². The van der Waals surface area contributed by atoms with E-state index in [1.807, 2.05) is 0 Å². The average Bonchev–Trinajstić information content (AvgIpc) is 2.66. The SMILES string of the molecule is N#CC(CN1C[C@@H]2CCCN[C@@H]2C1)C(F)(F)F. The van der Waals surface area contributed by atoms with Crippen LogP contribution >= 0.6 is 0 Å². The number of halogens is 3. The largest absolute Gasteiger partial charge is 0.405 e. The maximum absolute atomic E-state index is 12.5. The van der Waals surface area contributed by atoms with Crippen LogP contribution in [0.3, 0.4) is 0 Å². The fourth-order valence-electron chi connectivity index (χ4n) is 2.76. The molecule has 0 aliphatic carbocycles. The number of hydrogen-bond donors (Lipinski definition) is 1. The lowest BCUT2D eigenvalue weighted by molar-refractivity contribution is -0.162. The molecule has 2 aliphatic rings. The first-order valence-corrected chi connectivity index (χ1v) is 5.93. The van der Waals surface area contributed by atoms with E-state index in [0.29, 0.717) is 25.0 Å². The van der Waals surface area contributed by atoms with Gasteiger partial charge in [-0.25, -0.2) is 0 Å². The lowest BCUT2D eigenvalue weighted by Crippen LogP contribution is -2.41. The Bertz CT molecular complexity index is 296. The normalized spacial score (nSPS) is 31.9. The highest BCUT2D eigenvalue weighted by molar-refractivity contribution is 4.96. The zero-order valence-electron chi connectivity index (χ0n) is 9.50. The molecule has 6 heteroatoms. The number of fused-ring (bicyclic) bond motifs is 1. The quantitative estimate of drug-likeness (QED) is 0.801. The van der Waals surface area contributed by atoms with Crippen molar-refractivity contribution >= 4 is 0 Å². The van der Waals surface area contributed by atoms with Crippen LogP contribution in [0, 0.1) is 23.2 Å². The molecule has 0 bridgehead atoms. The van der Waals surface area contributed by atoms with Gasteiger partial charge in [-0.05, 0) is 25.3 Å². The van der Waals surface area contributed by atoms with E-state index in [2.05, 4.69) is 5.32 Å². The topological polar surface area (TPSA) is 39.1 Å². The molecule has 2 aliphatic heterocycles. The van der Waals surface area contributed by atoms with Crippen LogP contribution in [0.1, 0.15) is 12.8 Å². The lowest BCUT2D eigenvalue weighted by Gasteiger charge is -2.24. The monoisotopic (exact) mass is 247 g/mol. The summed E-state index contributed by atoms with van der Waals surface area (Å²) in [5.41, 5.74) is 0. The fraction of sp³-hybridized carbons (Fsp3) is 0.909. The van der Waals surface area contributed by atoms with E-state index in [1.165, 1.54) is 6.07 Å². The Balaban J connectivity index is 1.90. The molecule has 2 fully saturated rings. The van der Waals surface area contributed by atoms with Gasteiger partial charge in [0.25, 0.3) is 0 Å². The highest BCUT2D eigenvalue weighted by Crippen LogP contribution is 2.30. The Morgan fingerprint density at radius 1 is 1.41 bits per heavy atom. The number of nitrogens with one attached hydrogen (secondary N) is 1. The second-order valence-electron chi connectivity index (χ2n) is 4.90. The minimum atomic E-state index is -4.41. The van der Waals surface area contributed by atoms with Crippen LogP contribution in [0.25, 0.3) is 0 Å². The van der Waals surface area contributed by atoms with Gasteiger partial charge in [-0.2, -0.15) is 18.4 Å². The molecule has 96 valence electrons.